The lowest BCUT2D eigenvalue weighted by Gasteiger charge is -2.16. The van der Waals surface area contributed by atoms with Gasteiger partial charge in [-0.15, -0.1) is 10.2 Å². The Bertz CT molecular complexity index is 1090. The zero-order chi connectivity index (χ0) is 22.5. The molecule has 9 heteroatoms. The summed E-state index contributed by atoms with van der Waals surface area (Å²) in [5, 5.41) is 12.9. The van der Waals surface area contributed by atoms with Gasteiger partial charge in [-0.3, -0.25) is 4.79 Å². The smallest absolute Gasteiger partial charge is 0.234 e. The Labute approximate surface area is 196 Å². The van der Waals surface area contributed by atoms with Gasteiger partial charge in [0.1, 0.15) is 5.75 Å². The highest BCUT2D eigenvalue weighted by molar-refractivity contribution is 7.99. The molecule has 0 saturated heterocycles. The number of ether oxygens (including phenoxy) is 1. The molecule has 0 aliphatic heterocycles. The predicted molar refractivity (Wildman–Crippen MR) is 126 cm³/mol. The van der Waals surface area contributed by atoms with Gasteiger partial charge >= 0.3 is 0 Å². The van der Waals surface area contributed by atoms with Crippen molar-refractivity contribution in [1.82, 2.24) is 14.8 Å². The number of aryl methyl sites for hydroxylation is 2. The van der Waals surface area contributed by atoms with E-state index in [1.807, 2.05) is 36.6 Å². The van der Waals surface area contributed by atoms with Crippen molar-refractivity contribution in [2.45, 2.75) is 45.5 Å². The molecule has 1 heterocycles. The van der Waals surface area contributed by atoms with Crippen LogP contribution in [0.25, 0.3) is 0 Å². The molecule has 0 fully saturated rings. The summed E-state index contributed by atoms with van der Waals surface area (Å²) in [6, 6.07) is 10.9. The number of amides is 1. The van der Waals surface area contributed by atoms with E-state index in [1.165, 1.54) is 22.9 Å². The number of nitrogens with one attached hydrogen (secondary N) is 1. The van der Waals surface area contributed by atoms with E-state index in [2.05, 4.69) is 29.4 Å². The monoisotopic (exact) mass is 478 g/mol. The molecule has 2 aromatic carbocycles. The second kappa shape index (κ2) is 10.4. The van der Waals surface area contributed by atoms with Crippen molar-refractivity contribution in [3.8, 4) is 5.75 Å². The van der Waals surface area contributed by atoms with Crippen molar-refractivity contribution in [3.63, 3.8) is 0 Å². The average molecular weight is 479 g/mol. The minimum atomic E-state index is -0.286. The van der Waals surface area contributed by atoms with Gasteiger partial charge in [-0.2, -0.15) is 0 Å². The van der Waals surface area contributed by atoms with Crippen LogP contribution in [0.4, 0.5) is 5.69 Å². The van der Waals surface area contributed by atoms with Crippen LogP contribution in [0.1, 0.15) is 36.9 Å². The molecule has 164 valence electrons. The fourth-order valence-electron chi connectivity index (χ4n) is 2.96. The molecule has 0 saturated carbocycles. The number of carbonyl (C=O) groups excluding carboxylic acids is 1. The van der Waals surface area contributed by atoms with E-state index in [-0.39, 0.29) is 17.8 Å². The molecule has 0 aliphatic rings. The van der Waals surface area contributed by atoms with Gasteiger partial charge in [-0.25, -0.2) is 0 Å². The summed E-state index contributed by atoms with van der Waals surface area (Å²) in [5.41, 5.74) is 2.91. The van der Waals surface area contributed by atoms with Crippen molar-refractivity contribution in [3.05, 3.63) is 63.4 Å². The number of halogens is 2. The molecule has 1 amide bonds. The standard InChI is InChI=1S/C22H24Cl2N4O2S/c1-5-28-21(15(4)30-17-8-6-13(2)14(3)10-17)26-27-22(28)31-12-20(29)25-19-9-7-16(23)11-18(19)24/h6-11,15H,5,12H2,1-4H3,(H,25,29). The van der Waals surface area contributed by atoms with Gasteiger partial charge in [-0.1, -0.05) is 41.0 Å². The Balaban J connectivity index is 1.65. The number of thioether (sulfide) groups is 1. The summed E-state index contributed by atoms with van der Waals surface area (Å²) in [7, 11) is 0. The minimum Gasteiger partial charge on any atom is -0.483 e. The van der Waals surface area contributed by atoms with E-state index >= 15 is 0 Å². The highest BCUT2D eigenvalue weighted by atomic mass is 35.5. The van der Waals surface area contributed by atoms with Crippen molar-refractivity contribution >= 4 is 46.6 Å². The lowest BCUT2D eigenvalue weighted by atomic mass is 10.1. The van der Waals surface area contributed by atoms with E-state index in [1.54, 1.807) is 18.2 Å². The first-order chi connectivity index (χ1) is 14.8. The molecule has 31 heavy (non-hydrogen) atoms. The lowest BCUT2D eigenvalue weighted by molar-refractivity contribution is -0.113. The van der Waals surface area contributed by atoms with E-state index in [9.17, 15) is 4.79 Å². The Kier molecular flexibility index (Phi) is 7.86. The molecule has 1 aromatic heterocycles. The molecule has 1 unspecified atom stereocenters. The van der Waals surface area contributed by atoms with Crippen LogP contribution in [0.2, 0.25) is 10.0 Å². The Morgan fingerprint density at radius 1 is 1.16 bits per heavy atom. The second-order valence-corrected chi connectivity index (χ2v) is 8.84. The maximum Gasteiger partial charge on any atom is 0.234 e. The third kappa shape index (κ3) is 5.93. The molecular weight excluding hydrogens is 455 g/mol. The molecule has 3 aromatic rings. The summed E-state index contributed by atoms with van der Waals surface area (Å²) in [4.78, 5) is 12.4. The van der Waals surface area contributed by atoms with Crippen molar-refractivity contribution in [2.75, 3.05) is 11.1 Å². The number of carbonyl (C=O) groups is 1. The molecule has 0 spiro atoms. The summed E-state index contributed by atoms with van der Waals surface area (Å²) in [6.07, 6.45) is -0.286. The van der Waals surface area contributed by atoms with Gasteiger partial charge in [-0.05, 0) is 69.2 Å². The maximum absolute atomic E-state index is 12.4. The Morgan fingerprint density at radius 3 is 2.61 bits per heavy atom. The van der Waals surface area contributed by atoms with Crippen molar-refractivity contribution in [1.29, 1.82) is 0 Å². The second-order valence-electron chi connectivity index (χ2n) is 7.05. The van der Waals surface area contributed by atoms with Crippen LogP contribution >= 0.6 is 35.0 Å². The first-order valence-corrected chi connectivity index (χ1v) is 11.6. The van der Waals surface area contributed by atoms with E-state index in [0.29, 0.717) is 33.3 Å². The minimum absolute atomic E-state index is 0.170. The molecule has 6 nitrogen and oxygen atoms in total. The SMILES string of the molecule is CCn1c(SCC(=O)Nc2ccc(Cl)cc2Cl)nnc1C(C)Oc1ccc(C)c(C)c1. The number of hydrogen-bond donors (Lipinski definition) is 1. The van der Waals surface area contributed by atoms with Gasteiger partial charge in [0.05, 0.1) is 16.5 Å². The highest BCUT2D eigenvalue weighted by Gasteiger charge is 2.20. The number of aromatic nitrogens is 3. The Morgan fingerprint density at radius 2 is 1.94 bits per heavy atom. The summed E-state index contributed by atoms with van der Waals surface area (Å²) in [5.74, 6) is 1.48. The van der Waals surface area contributed by atoms with Gasteiger partial charge < -0.3 is 14.6 Å². The fraction of sp³-hybridized carbons (Fsp3) is 0.318. The number of nitrogens with zero attached hydrogens (tertiary/aromatic N) is 3. The molecule has 0 bridgehead atoms. The van der Waals surface area contributed by atoms with E-state index < -0.39 is 0 Å². The largest absolute Gasteiger partial charge is 0.483 e. The summed E-state index contributed by atoms with van der Waals surface area (Å²) in [6.45, 7) is 8.73. The molecule has 1 atom stereocenters. The zero-order valence-corrected chi connectivity index (χ0v) is 20.1. The zero-order valence-electron chi connectivity index (χ0n) is 17.8. The quantitative estimate of drug-likeness (QED) is 0.396. The van der Waals surface area contributed by atoms with Crippen LogP contribution in [0, 0.1) is 13.8 Å². The molecule has 0 radical (unpaired) electrons. The van der Waals surface area contributed by atoms with Crippen molar-refractivity contribution in [2.24, 2.45) is 0 Å². The van der Waals surface area contributed by atoms with Crippen molar-refractivity contribution < 1.29 is 9.53 Å². The normalized spacial score (nSPS) is 11.9. The van der Waals surface area contributed by atoms with Crippen LogP contribution in [0.3, 0.4) is 0 Å². The summed E-state index contributed by atoms with van der Waals surface area (Å²) < 4.78 is 8.04. The van der Waals surface area contributed by atoms with Crippen LogP contribution < -0.4 is 10.1 Å². The van der Waals surface area contributed by atoms with Gasteiger partial charge in [0.2, 0.25) is 5.91 Å². The number of benzene rings is 2. The molecular formula is C22H24Cl2N4O2S. The predicted octanol–water partition coefficient (Wildman–Crippen LogP) is 6.09. The number of anilines is 1. The lowest BCUT2D eigenvalue weighted by Crippen LogP contribution is -2.15. The van der Waals surface area contributed by atoms with Gasteiger partial charge in [0.15, 0.2) is 17.1 Å². The van der Waals surface area contributed by atoms with Crippen LogP contribution in [-0.2, 0) is 11.3 Å². The average Bonchev–Trinajstić information content (AvgIpc) is 3.14. The number of hydrogen-bond acceptors (Lipinski definition) is 5. The number of rotatable bonds is 8. The third-order valence-electron chi connectivity index (χ3n) is 4.75. The van der Waals surface area contributed by atoms with Crippen LogP contribution in [0.5, 0.6) is 5.75 Å². The highest BCUT2D eigenvalue weighted by Crippen LogP contribution is 2.27. The van der Waals surface area contributed by atoms with E-state index in [4.69, 9.17) is 27.9 Å². The van der Waals surface area contributed by atoms with Crippen LogP contribution in [0.15, 0.2) is 41.6 Å². The molecule has 1 N–H and O–H groups in total. The first-order valence-electron chi connectivity index (χ1n) is 9.83. The fourth-order valence-corrected chi connectivity index (χ4v) is 4.22. The molecule has 3 rings (SSSR count). The van der Waals surface area contributed by atoms with Gasteiger partial charge in [0, 0.05) is 11.6 Å². The Hall–Kier alpha value is -2.22. The van der Waals surface area contributed by atoms with Gasteiger partial charge in [0.25, 0.3) is 0 Å². The first kappa shape index (κ1) is 23.4. The van der Waals surface area contributed by atoms with E-state index in [0.717, 1.165) is 5.75 Å². The summed E-state index contributed by atoms with van der Waals surface area (Å²) >= 11 is 13.3. The topological polar surface area (TPSA) is 69.0 Å². The maximum atomic E-state index is 12.4. The molecule has 0 aliphatic carbocycles. The van der Waals surface area contributed by atoms with Crippen LogP contribution in [-0.4, -0.2) is 26.4 Å². The third-order valence-corrected chi connectivity index (χ3v) is 6.27.